The molecule has 5 heteroatoms. The fraction of sp³-hybridized carbons (Fsp3) is 0.385. The molecule has 1 fully saturated rings. The predicted octanol–water partition coefficient (Wildman–Crippen LogP) is 1.39. The van der Waals surface area contributed by atoms with Crippen LogP contribution < -0.4 is 10.6 Å². The van der Waals surface area contributed by atoms with Crippen molar-refractivity contribution in [1.82, 2.24) is 10.6 Å². The van der Waals surface area contributed by atoms with Crippen LogP contribution in [0.5, 0.6) is 0 Å². The molecule has 0 bridgehead atoms. The van der Waals surface area contributed by atoms with Gasteiger partial charge in [-0.05, 0) is 24.1 Å². The zero-order valence-electron chi connectivity index (χ0n) is 9.91. The minimum atomic E-state index is -0.0305. The summed E-state index contributed by atoms with van der Waals surface area (Å²) in [6.07, 6.45) is 1.54. The number of benzene rings is 1. The van der Waals surface area contributed by atoms with Gasteiger partial charge in [0.1, 0.15) is 0 Å². The van der Waals surface area contributed by atoms with E-state index in [4.69, 9.17) is 0 Å². The fourth-order valence-corrected chi connectivity index (χ4v) is 2.24. The standard InChI is InChI=1S/C13H15BrN2O2/c14-10-3-1-9(2-4-10)7-13(18)16-11-5-6-15-12(17)8-11/h1-4,11H,5-8H2,(H,15,17)(H,16,18). The van der Waals surface area contributed by atoms with Crippen molar-refractivity contribution in [3.63, 3.8) is 0 Å². The Labute approximate surface area is 114 Å². The first kappa shape index (κ1) is 13.1. The quantitative estimate of drug-likeness (QED) is 0.886. The minimum Gasteiger partial charge on any atom is -0.356 e. The lowest BCUT2D eigenvalue weighted by molar-refractivity contribution is -0.124. The highest BCUT2D eigenvalue weighted by atomic mass is 79.9. The van der Waals surface area contributed by atoms with Gasteiger partial charge in [-0.1, -0.05) is 28.1 Å². The Morgan fingerprint density at radius 3 is 2.78 bits per heavy atom. The van der Waals surface area contributed by atoms with E-state index >= 15 is 0 Å². The maximum absolute atomic E-state index is 11.8. The molecule has 1 atom stereocenters. The number of carbonyl (C=O) groups excluding carboxylic acids is 2. The summed E-state index contributed by atoms with van der Waals surface area (Å²) in [4.78, 5) is 23.0. The Bertz CT molecular complexity index is 445. The van der Waals surface area contributed by atoms with Crippen LogP contribution in [0.15, 0.2) is 28.7 Å². The maximum Gasteiger partial charge on any atom is 0.224 e. The highest BCUT2D eigenvalue weighted by Crippen LogP contribution is 2.11. The number of hydrogen-bond acceptors (Lipinski definition) is 2. The summed E-state index contributed by atoms with van der Waals surface area (Å²) >= 11 is 3.35. The van der Waals surface area contributed by atoms with Crippen molar-refractivity contribution in [2.75, 3.05) is 6.54 Å². The van der Waals surface area contributed by atoms with Crippen LogP contribution in [0, 0.1) is 0 Å². The second-order valence-electron chi connectivity index (χ2n) is 4.41. The number of amides is 2. The molecule has 1 aromatic rings. The summed E-state index contributed by atoms with van der Waals surface area (Å²) in [6.45, 7) is 0.641. The Balaban J connectivity index is 1.84. The van der Waals surface area contributed by atoms with Gasteiger partial charge in [-0.2, -0.15) is 0 Å². The summed E-state index contributed by atoms with van der Waals surface area (Å²) in [6, 6.07) is 7.63. The van der Waals surface area contributed by atoms with Crippen molar-refractivity contribution in [3.8, 4) is 0 Å². The van der Waals surface area contributed by atoms with Gasteiger partial charge in [-0.25, -0.2) is 0 Å². The van der Waals surface area contributed by atoms with E-state index in [0.717, 1.165) is 16.5 Å². The molecule has 96 valence electrons. The van der Waals surface area contributed by atoms with E-state index in [2.05, 4.69) is 26.6 Å². The van der Waals surface area contributed by atoms with Gasteiger partial charge in [0, 0.05) is 23.5 Å². The molecule has 0 saturated carbocycles. The zero-order chi connectivity index (χ0) is 13.0. The van der Waals surface area contributed by atoms with Gasteiger partial charge in [0.05, 0.1) is 6.42 Å². The average molecular weight is 311 g/mol. The molecule has 1 unspecified atom stereocenters. The molecule has 0 aromatic heterocycles. The van der Waals surface area contributed by atoms with Crippen LogP contribution in [0.3, 0.4) is 0 Å². The lowest BCUT2D eigenvalue weighted by Crippen LogP contribution is -2.45. The zero-order valence-corrected chi connectivity index (χ0v) is 11.5. The topological polar surface area (TPSA) is 58.2 Å². The van der Waals surface area contributed by atoms with Crippen molar-refractivity contribution >= 4 is 27.7 Å². The van der Waals surface area contributed by atoms with Crippen LogP contribution in [0.2, 0.25) is 0 Å². The number of piperidine rings is 1. The Hall–Kier alpha value is -1.36. The van der Waals surface area contributed by atoms with Crippen molar-refractivity contribution in [1.29, 1.82) is 0 Å². The molecule has 1 aliphatic heterocycles. The lowest BCUT2D eigenvalue weighted by atomic mass is 10.1. The molecule has 2 rings (SSSR count). The molecule has 1 aliphatic rings. The Morgan fingerprint density at radius 2 is 2.11 bits per heavy atom. The van der Waals surface area contributed by atoms with Gasteiger partial charge in [0.2, 0.25) is 11.8 Å². The first-order chi connectivity index (χ1) is 8.63. The van der Waals surface area contributed by atoms with E-state index in [1.54, 1.807) is 0 Å². The summed E-state index contributed by atoms with van der Waals surface area (Å²) in [5.41, 5.74) is 0.968. The SMILES string of the molecule is O=C1CC(NC(=O)Cc2ccc(Br)cc2)CCN1. The molecule has 2 N–H and O–H groups in total. The van der Waals surface area contributed by atoms with Crippen LogP contribution >= 0.6 is 15.9 Å². The van der Waals surface area contributed by atoms with Crippen LogP contribution in [0.1, 0.15) is 18.4 Å². The van der Waals surface area contributed by atoms with Crippen LogP contribution in [-0.4, -0.2) is 24.4 Å². The molecule has 18 heavy (non-hydrogen) atoms. The summed E-state index contributed by atoms with van der Waals surface area (Å²) in [5, 5.41) is 5.65. The molecule has 1 heterocycles. The van der Waals surface area contributed by atoms with Gasteiger partial charge >= 0.3 is 0 Å². The molecule has 1 aromatic carbocycles. The first-order valence-electron chi connectivity index (χ1n) is 5.94. The number of nitrogens with one attached hydrogen (secondary N) is 2. The fourth-order valence-electron chi connectivity index (χ4n) is 1.97. The molecule has 0 radical (unpaired) electrons. The molecular weight excluding hydrogens is 296 g/mol. The molecule has 0 aliphatic carbocycles. The smallest absolute Gasteiger partial charge is 0.224 e. The van der Waals surface area contributed by atoms with Crippen molar-refractivity contribution in [2.45, 2.75) is 25.3 Å². The Morgan fingerprint density at radius 1 is 1.39 bits per heavy atom. The highest BCUT2D eigenvalue weighted by Gasteiger charge is 2.20. The molecule has 2 amide bonds. The number of rotatable bonds is 3. The van der Waals surface area contributed by atoms with E-state index < -0.39 is 0 Å². The van der Waals surface area contributed by atoms with E-state index in [-0.39, 0.29) is 17.9 Å². The van der Waals surface area contributed by atoms with E-state index in [9.17, 15) is 9.59 Å². The van der Waals surface area contributed by atoms with Gasteiger partial charge in [-0.3, -0.25) is 9.59 Å². The largest absolute Gasteiger partial charge is 0.356 e. The summed E-state index contributed by atoms with van der Waals surface area (Å²) in [5.74, 6) is -0.0211. The predicted molar refractivity (Wildman–Crippen MR) is 72.0 cm³/mol. The van der Waals surface area contributed by atoms with Crippen LogP contribution in [0.4, 0.5) is 0 Å². The van der Waals surface area contributed by atoms with Crippen molar-refractivity contribution in [2.24, 2.45) is 0 Å². The van der Waals surface area contributed by atoms with E-state index in [0.29, 0.717) is 19.4 Å². The van der Waals surface area contributed by atoms with Crippen molar-refractivity contribution < 1.29 is 9.59 Å². The van der Waals surface area contributed by atoms with E-state index in [1.807, 2.05) is 24.3 Å². The molecular formula is C13H15BrN2O2. The van der Waals surface area contributed by atoms with Gasteiger partial charge in [-0.15, -0.1) is 0 Å². The first-order valence-corrected chi connectivity index (χ1v) is 6.73. The van der Waals surface area contributed by atoms with E-state index in [1.165, 1.54) is 0 Å². The van der Waals surface area contributed by atoms with Gasteiger partial charge in [0.25, 0.3) is 0 Å². The average Bonchev–Trinajstić information content (AvgIpc) is 2.32. The second kappa shape index (κ2) is 6.00. The normalized spacial score (nSPS) is 19.2. The van der Waals surface area contributed by atoms with Gasteiger partial charge < -0.3 is 10.6 Å². The number of carbonyl (C=O) groups is 2. The molecule has 4 nitrogen and oxygen atoms in total. The maximum atomic E-state index is 11.8. The lowest BCUT2D eigenvalue weighted by Gasteiger charge is -2.23. The second-order valence-corrected chi connectivity index (χ2v) is 5.33. The highest BCUT2D eigenvalue weighted by molar-refractivity contribution is 9.10. The molecule has 0 spiro atoms. The summed E-state index contributed by atoms with van der Waals surface area (Å²) < 4.78 is 0.996. The van der Waals surface area contributed by atoms with Crippen molar-refractivity contribution in [3.05, 3.63) is 34.3 Å². The monoisotopic (exact) mass is 310 g/mol. The third kappa shape index (κ3) is 3.84. The molecule has 1 saturated heterocycles. The van der Waals surface area contributed by atoms with Crippen LogP contribution in [0.25, 0.3) is 0 Å². The third-order valence-electron chi connectivity index (χ3n) is 2.89. The van der Waals surface area contributed by atoms with Crippen LogP contribution in [-0.2, 0) is 16.0 Å². The van der Waals surface area contributed by atoms with Gasteiger partial charge in [0.15, 0.2) is 0 Å². The third-order valence-corrected chi connectivity index (χ3v) is 3.42. The Kier molecular flexibility index (Phi) is 4.36. The number of halogens is 1. The summed E-state index contributed by atoms with van der Waals surface area (Å²) in [7, 11) is 0. The number of hydrogen-bond donors (Lipinski definition) is 2. The minimum absolute atomic E-state index is 0.00944.